The van der Waals surface area contributed by atoms with Gasteiger partial charge in [-0.1, -0.05) is 51.2 Å². The van der Waals surface area contributed by atoms with Crippen LogP contribution in [0.1, 0.15) is 98.5 Å². The van der Waals surface area contributed by atoms with Gasteiger partial charge in [0.2, 0.25) is 0 Å². The van der Waals surface area contributed by atoms with Gasteiger partial charge in [0.05, 0.1) is 5.56 Å². The van der Waals surface area contributed by atoms with Gasteiger partial charge in [-0.2, -0.15) is 5.26 Å². The molecule has 0 aliphatic heterocycles. The number of nitrogens with zero attached hydrogens (tertiary/aromatic N) is 1. The van der Waals surface area contributed by atoms with Crippen LogP contribution in [0, 0.1) is 40.7 Å². The van der Waals surface area contributed by atoms with Crippen LogP contribution in [0.4, 0.5) is 8.78 Å². The van der Waals surface area contributed by atoms with E-state index in [-0.39, 0.29) is 5.75 Å². The van der Waals surface area contributed by atoms with Crippen molar-refractivity contribution in [2.75, 3.05) is 0 Å². The van der Waals surface area contributed by atoms with Crippen LogP contribution >= 0.6 is 0 Å². The Morgan fingerprint density at radius 2 is 1.68 bits per heavy atom. The number of carbonyl (C=O) groups excluding carboxylic acids is 1. The number of esters is 1. The standard InChI is InChI=1S/C29H33F2NO2/c1-2-3-4-5-19-6-7-24-15-23(13-12-22(24)14-19)20-8-10-21(11-9-20)29(33)34-25-16-27(30)26(18-32)28(31)17-25/h8-11,16-17,19,22-24H,2-7,12-15H2,1H3. The first kappa shape index (κ1) is 24.4. The molecule has 0 bridgehead atoms. The van der Waals surface area contributed by atoms with E-state index in [0.29, 0.717) is 11.5 Å². The molecule has 2 aromatic carbocycles. The summed E-state index contributed by atoms with van der Waals surface area (Å²) in [5.74, 6) is 0.0906. The summed E-state index contributed by atoms with van der Waals surface area (Å²) in [5.41, 5.74) is 0.884. The van der Waals surface area contributed by atoms with E-state index in [0.717, 1.165) is 29.9 Å². The van der Waals surface area contributed by atoms with Crippen molar-refractivity contribution < 1.29 is 18.3 Å². The van der Waals surface area contributed by atoms with Crippen LogP contribution in [-0.2, 0) is 0 Å². The number of fused-ring (bicyclic) bond motifs is 1. The van der Waals surface area contributed by atoms with E-state index in [1.54, 1.807) is 12.1 Å². The number of unbranched alkanes of at least 4 members (excludes halogenated alkanes) is 2. The number of nitriles is 1. The summed E-state index contributed by atoms with van der Waals surface area (Å²) in [7, 11) is 0. The van der Waals surface area contributed by atoms with Crippen molar-refractivity contribution in [2.24, 2.45) is 17.8 Å². The summed E-state index contributed by atoms with van der Waals surface area (Å²) >= 11 is 0. The van der Waals surface area contributed by atoms with Gasteiger partial charge >= 0.3 is 5.97 Å². The highest BCUT2D eigenvalue weighted by Crippen LogP contribution is 2.48. The van der Waals surface area contributed by atoms with Gasteiger partial charge in [-0.05, 0) is 73.5 Å². The molecule has 2 aliphatic rings. The molecule has 0 radical (unpaired) electrons. The number of halogens is 2. The van der Waals surface area contributed by atoms with Crippen LogP contribution in [-0.4, -0.2) is 5.97 Å². The topological polar surface area (TPSA) is 50.1 Å². The molecule has 2 fully saturated rings. The molecular weight excluding hydrogens is 432 g/mol. The fraction of sp³-hybridized carbons (Fsp3) is 0.517. The van der Waals surface area contributed by atoms with Crippen LogP contribution in [0.2, 0.25) is 0 Å². The normalized spacial score (nSPS) is 24.2. The van der Waals surface area contributed by atoms with Crippen molar-refractivity contribution in [2.45, 2.75) is 77.0 Å². The summed E-state index contributed by atoms with van der Waals surface area (Å²) in [4.78, 5) is 12.5. The van der Waals surface area contributed by atoms with Gasteiger partial charge in [-0.15, -0.1) is 0 Å². The summed E-state index contributed by atoms with van der Waals surface area (Å²) < 4.78 is 32.7. The van der Waals surface area contributed by atoms with Crippen LogP contribution in [0.5, 0.6) is 5.75 Å². The highest BCUT2D eigenvalue weighted by molar-refractivity contribution is 5.91. The fourth-order valence-corrected chi connectivity index (χ4v) is 6.01. The average Bonchev–Trinajstić information content (AvgIpc) is 2.84. The Labute approximate surface area is 201 Å². The molecule has 0 N–H and O–H groups in total. The Bertz CT molecular complexity index is 1020. The second-order valence-electron chi connectivity index (χ2n) is 10.1. The maximum absolute atomic E-state index is 13.8. The van der Waals surface area contributed by atoms with Gasteiger partial charge in [0, 0.05) is 12.1 Å². The fourth-order valence-electron chi connectivity index (χ4n) is 6.01. The van der Waals surface area contributed by atoms with Crippen molar-refractivity contribution in [1.82, 2.24) is 0 Å². The number of ether oxygens (including phenoxy) is 1. The van der Waals surface area contributed by atoms with E-state index in [9.17, 15) is 13.6 Å². The average molecular weight is 466 g/mol. The highest BCUT2D eigenvalue weighted by atomic mass is 19.1. The number of benzene rings is 2. The van der Waals surface area contributed by atoms with Gasteiger partial charge in [0.15, 0.2) is 0 Å². The van der Waals surface area contributed by atoms with Crippen molar-refractivity contribution in [3.05, 3.63) is 64.7 Å². The molecule has 0 spiro atoms. The minimum absolute atomic E-state index is 0.258. The van der Waals surface area contributed by atoms with E-state index < -0.39 is 23.2 Å². The maximum Gasteiger partial charge on any atom is 0.343 e. The predicted molar refractivity (Wildman–Crippen MR) is 128 cm³/mol. The minimum atomic E-state index is -1.05. The Hall–Kier alpha value is -2.74. The molecular formula is C29H33F2NO2. The molecule has 0 saturated heterocycles. The maximum atomic E-state index is 13.8. The van der Waals surface area contributed by atoms with Crippen molar-refractivity contribution in [3.8, 4) is 11.8 Å². The van der Waals surface area contributed by atoms with E-state index in [4.69, 9.17) is 10.00 Å². The van der Waals surface area contributed by atoms with E-state index >= 15 is 0 Å². The lowest BCUT2D eigenvalue weighted by Crippen LogP contribution is -2.30. The molecule has 3 nitrogen and oxygen atoms in total. The predicted octanol–water partition coefficient (Wildman–Crippen LogP) is 7.94. The van der Waals surface area contributed by atoms with E-state index in [1.165, 1.54) is 75.8 Å². The lowest BCUT2D eigenvalue weighted by Gasteiger charge is -2.42. The van der Waals surface area contributed by atoms with Crippen LogP contribution in [0.3, 0.4) is 0 Å². The first-order valence-corrected chi connectivity index (χ1v) is 12.7. The number of rotatable bonds is 7. The van der Waals surface area contributed by atoms with E-state index in [1.807, 2.05) is 12.1 Å². The molecule has 0 heterocycles. The van der Waals surface area contributed by atoms with Crippen molar-refractivity contribution >= 4 is 5.97 Å². The van der Waals surface area contributed by atoms with Crippen LogP contribution in [0.15, 0.2) is 36.4 Å². The molecule has 0 aromatic heterocycles. The number of hydrogen-bond donors (Lipinski definition) is 0. The summed E-state index contributed by atoms with van der Waals surface area (Å²) in [5, 5.41) is 8.76. The second kappa shape index (κ2) is 11.1. The molecule has 4 rings (SSSR count). The number of hydrogen-bond acceptors (Lipinski definition) is 3. The third kappa shape index (κ3) is 5.66. The molecule has 0 amide bonds. The summed E-state index contributed by atoms with van der Waals surface area (Å²) in [6.45, 7) is 2.27. The Morgan fingerprint density at radius 1 is 1.00 bits per heavy atom. The van der Waals surface area contributed by atoms with Crippen LogP contribution in [0.25, 0.3) is 0 Å². The molecule has 4 atom stereocenters. The van der Waals surface area contributed by atoms with Gasteiger partial charge < -0.3 is 4.74 Å². The SMILES string of the molecule is CCCCCC1CCC2CC(c3ccc(C(=O)Oc4cc(F)c(C#N)c(F)c4)cc3)CCC2C1. The molecule has 4 unspecified atom stereocenters. The quantitative estimate of drug-likeness (QED) is 0.237. The Balaban J connectivity index is 1.33. The Morgan fingerprint density at radius 3 is 2.35 bits per heavy atom. The van der Waals surface area contributed by atoms with Gasteiger partial charge in [0.1, 0.15) is 29.0 Å². The molecule has 2 aliphatic carbocycles. The van der Waals surface area contributed by atoms with Gasteiger partial charge in [-0.3, -0.25) is 0 Å². The monoisotopic (exact) mass is 465 g/mol. The van der Waals surface area contributed by atoms with E-state index in [2.05, 4.69) is 6.92 Å². The Kier molecular flexibility index (Phi) is 7.98. The zero-order chi connectivity index (χ0) is 24.1. The zero-order valence-corrected chi connectivity index (χ0v) is 19.9. The lowest BCUT2D eigenvalue weighted by atomic mass is 9.63. The van der Waals surface area contributed by atoms with Crippen molar-refractivity contribution in [3.63, 3.8) is 0 Å². The van der Waals surface area contributed by atoms with Gasteiger partial charge in [0.25, 0.3) is 0 Å². The third-order valence-corrected chi connectivity index (χ3v) is 7.89. The third-order valence-electron chi connectivity index (χ3n) is 7.89. The summed E-state index contributed by atoms with van der Waals surface area (Å²) in [6, 6.07) is 10.6. The van der Waals surface area contributed by atoms with Crippen LogP contribution < -0.4 is 4.74 Å². The molecule has 5 heteroatoms. The first-order chi connectivity index (χ1) is 16.5. The number of carbonyl (C=O) groups is 1. The zero-order valence-electron chi connectivity index (χ0n) is 19.9. The lowest BCUT2D eigenvalue weighted by molar-refractivity contribution is 0.0734. The molecule has 2 saturated carbocycles. The molecule has 2 aromatic rings. The molecule has 34 heavy (non-hydrogen) atoms. The van der Waals surface area contributed by atoms with Crippen molar-refractivity contribution in [1.29, 1.82) is 5.26 Å². The van der Waals surface area contributed by atoms with Gasteiger partial charge in [-0.25, -0.2) is 13.6 Å². The molecule has 180 valence electrons. The summed E-state index contributed by atoms with van der Waals surface area (Å²) in [6.07, 6.45) is 13.3. The highest BCUT2D eigenvalue weighted by Gasteiger charge is 2.35. The second-order valence-corrected chi connectivity index (χ2v) is 10.1. The minimum Gasteiger partial charge on any atom is -0.423 e. The largest absolute Gasteiger partial charge is 0.423 e. The first-order valence-electron chi connectivity index (χ1n) is 12.7. The smallest absolute Gasteiger partial charge is 0.343 e.